The Bertz CT molecular complexity index is 505. The molecular weight excluding hydrogens is 270 g/mol. The standard InChI is InChI=1S/C13H16F2N2O3/c14-9-7-11(15)13(17(19)20)12(8-9)16(5-6-18)10-3-1-2-4-10/h7-8,10,18H,1-6H2. The minimum atomic E-state index is -1.19. The maximum atomic E-state index is 13.7. The van der Waals surface area contributed by atoms with E-state index in [-0.39, 0.29) is 24.9 Å². The summed E-state index contributed by atoms with van der Waals surface area (Å²) >= 11 is 0. The van der Waals surface area contributed by atoms with Crippen LogP contribution in [0.3, 0.4) is 0 Å². The lowest BCUT2D eigenvalue weighted by Gasteiger charge is -2.30. The average molecular weight is 286 g/mol. The van der Waals surface area contributed by atoms with Gasteiger partial charge in [0.1, 0.15) is 11.5 Å². The third-order valence-corrected chi connectivity index (χ3v) is 3.61. The van der Waals surface area contributed by atoms with Gasteiger partial charge in [0.25, 0.3) is 0 Å². The largest absolute Gasteiger partial charge is 0.395 e. The van der Waals surface area contributed by atoms with Crippen LogP contribution in [-0.2, 0) is 0 Å². The topological polar surface area (TPSA) is 66.6 Å². The van der Waals surface area contributed by atoms with Crippen LogP contribution in [0.25, 0.3) is 0 Å². The van der Waals surface area contributed by atoms with Crippen molar-refractivity contribution in [1.82, 2.24) is 0 Å². The summed E-state index contributed by atoms with van der Waals surface area (Å²) in [4.78, 5) is 11.7. The second-order valence-electron chi connectivity index (χ2n) is 4.87. The first kappa shape index (κ1) is 14.6. The number of hydrogen-bond donors (Lipinski definition) is 1. The number of halogens is 2. The number of nitrogens with zero attached hydrogens (tertiary/aromatic N) is 2. The van der Waals surface area contributed by atoms with Gasteiger partial charge in [-0.3, -0.25) is 10.1 Å². The highest BCUT2D eigenvalue weighted by atomic mass is 19.1. The fourth-order valence-corrected chi connectivity index (χ4v) is 2.78. The Labute approximate surface area is 115 Å². The smallest absolute Gasteiger partial charge is 0.328 e. The van der Waals surface area contributed by atoms with Crippen molar-refractivity contribution in [1.29, 1.82) is 0 Å². The number of aliphatic hydroxyl groups excluding tert-OH is 1. The van der Waals surface area contributed by atoms with E-state index in [1.54, 1.807) is 4.90 Å². The second-order valence-corrected chi connectivity index (χ2v) is 4.87. The third-order valence-electron chi connectivity index (χ3n) is 3.61. The number of nitro groups is 1. The van der Waals surface area contributed by atoms with Crippen LogP contribution in [0.15, 0.2) is 12.1 Å². The highest BCUT2D eigenvalue weighted by molar-refractivity contribution is 5.64. The molecule has 110 valence electrons. The molecule has 1 aromatic rings. The molecule has 0 bridgehead atoms. The van der Waals surface area contributed by atoms with Gasteiger partial charge >= 0.3 is 5.69 Å². The van der Waals surface area contributed by atoms with E-state index in [2.05, 4.69) is 0 Å². The molecule has 1 aromatic carbocycles. The van der Waals surface area contributed by atoms with Crippen molar-refractivity contribution in [2.45, 2.75) is 31.7 Å². The molecule has 0 aliphatic heterocycles. The number of anilines is 1. The molecule has 0 spiro atoms. The van der Waals surface area contributed by atoms with Gasteiger partial charge < -0.3 is 10.0 Å². The number of aliphatic hydroxyl groups is 1. The highest BCUT2D eigenvalue weighted by Crippen LogP contribution is 2.36. The summed E-state index contributed by atoms with van der Waals surface area (Å²) in [6.07, 6.45) is 3.54. The lowest BCUT2D eigenvalue weighted by molar-refractivity contribution is -0.386. The second kappa shape index (κ2) is 6.13. The minimum absolute atomic E-state index is 0.0259. The van der Waals surface area contributed by atoms with E-state index >= 15 is 0 Å². The molecule has 0 aromatic heterocycles. The van der Waals surface area contributed by atoms with E-state index in [0.29, 0.717) is 6.07 Å². The third kappa shape index (κ3) is 2.87. The first-order valence-corrected chi connectivity index (χ1v) is 6.55. The molecule has 0 heterocycles. The maximum Gasteiger partial charge on any atom is 0.328 e. The summed E-state index contributed by atoms with van der Waals surface area (Å²) in [7, 11) is 0. The van der Waals surface area contributed by atoms with Crippen molar-refractivity contribution in [2.24, 2.45) is 0 Å². The first-order valence-electron chi connectivity index (χ1n) is 6.55. The summed E-state index contributed by atoms with van der Waals surface area (Å²) in [5.74, 6) is -2.05. The van der Waals surface area contributed by atoms with E-state index in [1.165, 1.54) is 0 Å². The van der Waals surface area contributed by atoms with Crippen molar-refractivity contribution >= 4 is 11.4 Å². The molecule has 1 aliphatic carbocycles. The fourth-order valence-electron chi connectivity index (χ4n) is 2.78. The molecule has 5 nitrogen and oxygen atoms in total. The van der Waals surface area contributed by atoms with Crippen LogP contribution >= 0.6 is 0 Å². The van der Waals surface area contributed by atoms with Gasteiger partial charge in [-0.15, -0.1) is 0 Å². The van der Waals surface area contributed by atoms with Crippen LogP contribution in [-0.4, -0.2) is 29.2 Å². The zero-order chi connectivity index (χ0) is 14.7. The van der Waals surface area contributed by atoms with Gasteiger partial charge in [-0.1, -0.05) is 12.8 Å². The van der Waals surface area contributed by atoms with E-state index in [4.69, 9.17) is 5.11 Å². The van der Waals surface area contributed by atoms with Gasteiger partial charge in [-0.05, 0) is 12.8 Å². The van der Waals surface area contributed by atoms with E-state index in [0.717, 1.165) is 31.7 Å². The van der Waals surface area contributed by atoms with Crippen LogP contribution in [0.5, 0.6) is 0 Å². The Kier molecular flexibility index (Phi) is 4.49. The van der Waals surface area contributed by atoms with Crippen molar-refractivity contribution < 1.29 is 18.8 Å². The average Bonchev–Trinajstić information content (AvgIpc) is 2.87. The molecule has 7 heteroatoms. The lowest BCUT2D eigenvalue weighted by Crippen LogP contribution is -2.36. The van der Waals surface area contributed by atoms with Gasteiger partial charge in [-0.25, -0.2) is 4.39 Å². The Morgan fingerprint density at radius 1 is 1.35 bits per heavy atom. The zero-order valence-electron chi connectivity index (χ0n) is 10.9. The Morgan fingerprint density at radius 2 is 2.00 bits per heavy atom. The number of nitro benzene ring substituents is 1. The monoisotopic (exact) mass is 286 g/mol. The predicted octanol–water partition coefficient (Wildman–Crippen LogP) is 2.61. The van der Waals surface area contributed by atoms with Crippen LogP contribution in [0.1, 0.15) is 25.7 Å². The quantitative estimate of drug-likeness (QED) is 0.667. The molecule has 0 saturated heterocycles. The lowest BCUT2D eigenvalue weighted by atomic mass is 10.1. The molecule has 20 heavy (non-hydrogen) atoms. The zero-order valence-corrected chi connectivity index (χ0v) is 10.9. The normalized spacial score (nSPS) is 15.6. The highest BCUT2D eigenvalue weighted by Gasteiger charge is 2.31. The number of benzene rings is 1. The van der Waals surface area contributed by atoms with Crippen LogP contribution in [0, 0.1) is 21.7 Å². The summed E-state index contributed by atoms with van der Waals surface area (Å²) in [5.41, 5.74) is -0.819. The van der Waals surface area contributed by atoms with Gasteiger partial charge in [0, 0.05) is 24.7 Å². The summed E-state index contributed by atoms with van der Waals surface area (Å²) < 4.78 is 27.1. The molecular formula is C13H16F2N2O3. The van der Waals surface area contributed by atoms with E-state index in [1.807, 2.05) is 0 Å². The van der Waals surface area contributed by atoms with Gasteiger partial charge in [0.2, 0.25) is 5.82 Å². The molecule has 0 atom stereocenters. The summed E-state index contributed by atoms with van der Waals surface area (Å²) in [6.45, 7) is -0.111. The van der Waals surface area contributed by atoms with E-state index < -0.39 is 22.2 Å². The Hall–Kier alpha value is -1.76. The summed E-state index contributed by atoms with van der Waals surface area (Å²) in [6, 6.07) is 1.45. The van der Waals surface area contributed by atoms with E-state index in [9.17, 15) is 18.9 Å². The van der Waals surface area contributed by atoms with Crippen LogP contribution in [0.2, 0.25) is 0 Å². The molecule has 0 radical (unpaired) electrons. The first-order chi connectivity index (χ1) is 9.54. The molecule has 0 unspecified atom stereocenters. The molecule has 0 amide bonds. The van der Waals surface area contributed by atoms with Crippen molar-refractivity contribution in [3.63, 3.8) is 0 Å². The number of rotatable bonds is 5. The molecule has 1 fully saturated rings. The Balaban J connectivity index is 2.48. The van der Waals surface area contributed by atoms with Crippen LogP contribution in [0.4, 0.5) is 20.2 Å². The van der Waals surface area contributed by atoms with Crippen molar-refractivity contribution in [2.75, 3.05) is 18.1 Å². The SMILES string of the molecule is O=[N+]([O-])c1c(F)cc(F)cc1N(CCO)C1CCCC1. The fraction of sp³-hybridized carbons (Fsp3) is 0.538. The Morgan fingerprint density at radius 3 is 2.55 bits per heavy atom. The molecule has 2 rings (SSSR count). The molecule has 1 saturated carbocycles. The molecule has 1 aliphatic rings. The van der Waals surface area contributed by atoms with Crippen LogP contribution < -0.4 is 4.90 Å². The number of hydrogen-bond acceptors (Lipinski definition) is 4. The predicted molar refractivity (Wildman–Crippen MR) is 69.7 cm³/mol. The van der Waals surface area contributed by atoms with Gasteiger partial charge in [0.15, 0.2) is 0 Å². The maximum absolute atomic E-state index is 13.7. The van der Waals surface area contributed by atoms with Crippen molar-refractivity contribution in [3.8, 4) is 0 Å². The summed E-state index contributed by atoms with van der Waals surface area (Å²) in [5, 5.41) is 20.2. The molecule has 1 N–H and O–H groups in total. The minimum Gasteiger partial charge on any atom is -0.395 e. The van der Waals surface area contributed by atoms with Crippen molar-refractivity contribution in [3.05, 3.63) is 33.9 Å². The van der Waals surface area contributed by atoms with Gasteiger partial charge in [0.05, 0.1) is 11.5 Å². The van der Waals surface area contributed by atoms with Gasteiger partial charge in [-0.2, -0.15) is 4.39 Å².